The van der Waals surface area contributed by atoms with E-state index in [1.807, 2.05) is 25.1 Å². The van der Waals surface area contributed by atoms with Gasteiger partial charge >= 0.3 is 0 Å². The van der Waals surface area contributed by atoms with E-state index in [0.29, 0.717) is 11.8 Å². The van der Waals surface area contributed by atoms with Crippen molar-refractivity contribution in [2.24, 2.45) is 5.92 Å². The Morgan fingerprint density at radius 3 is 2.26 bits per heavy atom. The number of ketones is 1. The Hall–Kier alpha value is -1.87. The number of aromatic nitrogens is 1. The highest BCUT2D eigenvalue weighted by Crippen LogP contribution is 2.44. The Labute approximate surface area is 166 Å². The molecule has 0 bridgehead atoms. The van der Waals surface area contributed by atoms with Crippen LogP contribution in [-0.2, 0) is 0 Å². The van der Waals surface area contributed by atoms with E-state index in [9.17, 15) is 4.79 Å². The van der Waals surface area contributed by atoms with Gasteiger partial charge in [0.05, 0.1) is 7.11 Å². The van der Waals surface area contributed by atoms with Gasteiger partial charge in [0.15, 0.2) is 5.78 Å². The molecule has 2 aromatic rings. The van der Waals surface area contributed by atoms with Gasteiger partial charge < -0.3 is 4.74 Å². The minimum atomic E-state index is 0.0880. The molecule has 4 rings (SSSR count). The van der Waals surface area contributed by atoms with Crippen LogP contribution in [0, 0.1) is 12.8 Å². The van der Waals surface area contributed by atoms with Crippen molar-refractivity contribution in [3.05, 3.63) is 57.9 Å². The number of hydrogen-bond acceptors (Lipinski definition) is 3. The van der Waals surface area contributed by atoms with Crippen LogP contribution in [0.3, 0.4) is 0 Å². The summed E-state index contributed by atoms with van der Waals surface area (Å²) in [6, 6.07) is 10.1. The first-order valence-electron chi connectivity index (χ1n) is 9.92. The number of carbonyl (C=O) groups excluding carboxylic acids is 1. The molecule has 2 aliphatic carbocycles. The van der Waals surface area contributed by atoms with Crippen molar-refractivity contribution in [2.75, 3.05) is 7.11 Å². The molecule has 0 aliphatic heterocycles. The quantitative estimate of drug-likeness (QED) is 0.587. The van der Waals surface area contributed by atoms with Crippen LogP contribution in [0.1, 0.15) is 77.7 Å². The van der Waals surface area contributed by atoms with Crippen molar-refractivity contribution in [3.8, 4) is 5.75 Å². The zero-order chi connectivity index (χ0) is 19.0. The second kappa shape index (κ2) is 7.63. The van der Waals surface area contributed by atoms with Gasteiger partial charge in [-0.25, -0.2) is 4.98 Å². The molecule has 1 heterocycles. The third-order valence-electron chi connectivity index (χ3n) is 6.06. The van der Waals surface area contributed by atoms with E-state index in [1.165, 1.54) is 24.0 Å². The standard InChI is InChI=1S/C23H26ClNO2/c1-14-3-11-20(16-4-5-16)22(25-14)23(26)17-8-6-15(7-9-17)19-12-10-18(27-2)13-21(19)24/h3,10-13,15-17H,4-9H2,1-2H3. The molecule has 0 radical (unpaired) electrons. The van der Waals surface area contributed by atoms with Crippen molar-refractivity contribution < 1.29 is 9.53 Å². The predicted octanol–water partition coefficient (Wildman–Crippen LogP) is 6.09. The third-order valence-corrected chi connectivity index (χ3v) is 6.39. The minimum absolute atomic E-state index is 0.0880. The Morgan fingerprint density at radius 2 is 1.63 bits per heavy atom. The Balaban J connectivity index is 1.47. The van der Waals surface area contributed by atoms with E-state index in [-0.39, 0.29) is 11.7 Å². The zero-order valence-electron chi connectivity index (χ0n) is 16.0. The normalized spacial score (nSPS) is 22.5. The van der Waals surface area contributed by atoms with Gasteiger partial charge in [0, 0.05) is 16.6 Å². The smallest absolute Gasteiger partial charge is 0.184 e. The van der Waals surface area contributed by atoms with Gasteiger partial charge in [-0.3, -0.25) is 4.79 Å². The van der Waals surface area contributed by atoms with Crippen LogP contribution in [-0.4, -0.2) is 17.9 Å². The van der Waals surface area contributed by atoms with Gasteiger partial charge in [0.25, 0.3) is 0 Å². The molecular formula is C23H26ClNO2. The summed E-state index contributed by atoms with van der Waals surface area (Å²) in [7, 11) is 1.65. The molecular weight excluding hydrogens is 358 g/mol. The molecule has 2 fully saturated rings. The van der Waals surface area contributed by atoms with Crippen LogP contribution in [0.25, 0.3) is 0 Å². The van der Waals surface area contributed by atoms with Crippen LogP contribution in [0.15, 0.2) is 30.3 Å². The predicted molar refractivity (Wildman–Crippen MR) is 108 cm³/mol. The maximum absolute atomic E-state index is 13.2. The fourth-order valence-corrected chi connectivity index (χ4v) is 4.64. The van der Waals surface area contributed by atoms with E-state index in [0.717, 1.165) is 47.8 Å². The van der Waals surface area contributed by atoms with Crippen molar-refractivity contribution in [2.45, 2.75) is 57.3 Å². The van der Waals surface area contributed by atoms with Crippen LogP contribution in [0.4, 0.5) is 0 Å². The lowest BCUT2D eigenvalue weighted by Crippen LogP contribution is -2.23. The van der Waals surface area contributed by atoms with E-state index < -0.39 is 0 Å². The van der Waals surface area contributed by atoms with Crippen LogP contribution in [0.5, 0.6) is 5.75 Å². The molecule has 0 amide bonds. The maximum Gasteiger partial charge on any atom is 0.184 e. The van der Waals surface area contributed by atoms with Crippen molar-refractivity contribution in [1.29, 1.82) is 0 Å². The number of hydrogen-bond donors (Lipinski definition) is 0. The summed E-state index contributed by atoms with van der Waals surface area (Å²) in [5, 5.41) is 0.764. The molecule has 1 aromatic heterocycles. The molecule has 27 heavy (non-hydrogen) atoms. The van der Waals surface area contributed by atoms with Crippen LogP contribution < -0.4 is 4.74 Å². The summed E-state index contributed by atoms with van der Waals surface area (Å²) in [4.78, 5) is 17.8. The number of ether oxygens (including phenoxy) is 1. The lowest BCUT2D eigenvalue weighted by atomic mass is 9.76. The van der Waals surface area contributed by atoms with E-state index in [4.69, 9.17) is 16.3 Å². The van der Waals surface area contributed by atoms with Crippen molar-refractivity contribution in [1.82, 2.24) is 4.98 Å². The molecule has 1 aromatic carbocycles. The van der Waals surface area contributed by atoms with Gasteiger partial charge in [0.1, 0.15) is 11.4 Å². The first-order chi connectivity index (χ1) is 13.1. The number of halogens is 1. The van der Waals surface area contributed by atoms with Gasteiger partial charge in [-0.15, -0.1) is 0 Å². The van der Waals surface area contributed by atoms with Crippen LogP contribution >= 0.6 is 11.6 Å². The number of pyridine rings is 1. The minimum Gasteiger partial charge on any atom is -0.497 e. The monoisotopic (exact) mass is 383 g/mol. The fourth-order valence-electron chi connectivity index (χ4n) is 4.31. The fraction of sp³-hybridized carbons (Fsp3) is 0.478. The number of Topliss-reactive ketones (excluding diaryl/α,β-unsaturated/α-hetero) is 1. The third kappa shape index (κ3) is 3.89. The summed E-state index contributed by atoms with van der Waals surface area (Å²) in [5.74, 6) is 2.09. The molecule has 3 nitrogen and oxygen atoms in total. The number of methoxy groups -OCH3 is 1. The van der Waals surface area contributed by atoms with Crippen molar-refractivity contribution in [3.63, 3.8) is 0 Å². The largest absolute Gasteiger partial charge is 0.497 e. The summed E-state index contributed by atoms with van der Waals surface area (Å²) >= 11 is 6.46. The molecule has 0 unspecified atom stereocenters. The number of nitrogens with zero attached hydrogens (tertiary/aromatic N) is 1. The SMILES string of the molecule is COc1ccc(C2CCC(C(=O)c3nc(C)ccc3C3CC3)CC2)c(Cl)c1. The molecule has 2 saturated carbocycles. The zero-order valence-corrected chi connectivity index (χ0v) is 16.8. The average Bonchev–Trinajstić information content (AvgIpc) is 3.52. The Kier molecular flexibility index (Phi) is 5.23. The van der Waals surface area contributed by atoms with Gasteiger partial charge in [-0.1, -0.05) is 23.7 Å². The van der Waals surface area contributed by atoms with E-state index in [2.05, 4.69) is 17.1 Å². The van der Waals surface area contributed by atoms with Gasteiger partial charge in [-0.2, -0.15) is 0 Å². The van der Waals surface area contributed by atoms with E-state index in [1.54, 1.807) is 7.11 Å². The Bertz CT molecular complexity index is 851. The lowest BCUT2D eigenvalue weighted by molar-refractivity contribution is 0.0877. The molecule has 0 N–H and O–H groups in total. The molecule has 142 valence electrons. The number of rotatable bonds is 5. The summed E-state index contributed by atoms with van der Waals surface area (Å²) < 4.78 is 5.24. The number of benzene rings is 1. The molecule has 0 saturated heterocycles. The van der Waals surface area contributed by atoms with Gasteiger partial charge in [-0.05, 0) is 86.6 Å². The Morgan fingerprint density at radius 1 is 1.00 bits per heavy atom. The number of carbonyl (C=O) groups is 1. The van der Waals surface area contributed by atoms with E-state index >= 15 is 0 Å². The summed E-state index contributed by atoms with van der Waals surface area (Å²) in [6.45, 7) is 1.97. The lowest BCUT2D eigenvalue weighted by Gasteiger charge is -2.29. The number of aryl methyl sites for hydroxylation is 1. The van der Waals surface area contributed by atoms with Crippen molar-refractivity contribution >= 4 is 17.4 Å². The average molecular weight is 384 g/mol. The molecule has 2 aliphatic rings. The topological polar surface area (TPSA) is 39.2 Å². The molecule has 4 heteroatoms. The first kappa shape index (κ1) is 18.5. The second-order valence-electron chi connectivity index (χ2n) is 7.96. The maximum atomic E-state index is 13.2. The highest BCUT2D eigenvalue weighted by Gasteiger charge is 2.34. The highest BCUT2D eigenvalue weighted by atomic mass is 35.5. The van der Waals surface area contributed by atoms with Crippen LogP contribution in [0.2, 0.25) is 5.02 Å². The molecule has 0 spiro atoms. The summed E-state index contributed by atoms with van der Waals surface area (Å²) in [6.07, 6.45) is 6.18. The second-order valence-corrected chi connectivity index (χ2v) is 8.37. The molecule has 0 atom stereocenters. The summed E-state index contributed by atoms with van der Waals surface area (Å²) in [5.41, 5.74) is 4.02. The first-order valence-corrected chi connectivity index (χ1v) is 10.3. The highest BCUT2D eigenvalue weighted by molar-refractivity contribution is 6.31. The van der Waals surface area contributed by atoms with Gasteiger partial charge in [0.2, 0.25) is 0 Å².